The van der Waals surface area contributed by atoms with Gasteiger partial charge in [0, 0.05) is 12.6 Å². The maximum atomic E-state index is 12.0. The number of aliphatic hydroxyl groups excluding tert-OH is 1. The molecule has 2 N–H and O–H groups in total. The second-order valence-corrected chi connectivity index (χ2v) is 4.80. The summed E-state index contributed by atoms with van der Waals surface area (Å²) in [5.41, 5.74) is 2.05. The monoisotopic (exact) mass is 283 g/mol. The molecule has 1 atom stereocenters. The van der Waals surface area contributed by atoms with Crippen molar-refractivity contribution in [3.05, 3.63) is 41.5 Å². The van der Waals surface area contributed by atoms with Gasteiger partial charge >= 0.3 is 0 Å². The number of carbonyl (C=O) groups is 1. The molecule has 0 heterocycles. The van der Waals surface area contributed by atoms with Crippen molar-refractivity contribution in [2.45, 2.75) is 32.3 Å². The molecule has 0 aliphatic rings. The van der Waals surface area contributed by atoms with Gasteiger partial charge in [0.15, 0.2) is 0 Å². The molecule has 1 rings (SSSR count). The minimum Gasteiger partial charge on any atom is -0.385 e. The summed E-state index contributed by atoms with van der Waals surface area (Å²) in [5, 5.41) is 11.1. The first-order valence-electron chi connectivity index (χ1n) is 6.42. The predicted octanol–water partition coefficient (Wildman–Crippen LogP) is 2.57. The van der Waals surface area contributed by atoms with Crippen LogP contribution in [0.4, 0.5) is 8.78 Å². The first kappa shape index (κ1) is 16.3. The third-order valence-corrected chi connectivity index (χ3v) is 2.81. The summed E-state index contributed by atoms with van der Waals surface area (Å²) in [6.07, 6.45) is -1.85. The molecule has 0 spiro atoms. The molecule has 3 nitrogen and oxygen atoms in total. The maximum Gasteiger partial charge on any atom is 0.265 e. The highest BCUT2D eigenvalue weighted by molar-refractivity contribution is 5.91. The Labute approximate surface area is 117 Å². The van der Waals surface area contributed by atoms with Crippen LogP contribution in [0.2, 0.25) is 0 Å². The number of amides is 1. The molecular formula is C15H19F2NO2. The molecule has 110 valence electrons. The number of aliphatic hydroxyl groups is 1. The first-order chi connectivity index (χ1) is 9.40. The molecule has 0 aliphatic carbocycles. The zero-order valence-electron chi connectivity index (χ0n) is 11.5. The number of halogens is 2. The van der Waals surface area contributed by atoms with Gasteiger partial charge in [0.1, 0.15) is 6.10 Å². The van der Waals surface area contributed by atoms with Crippen molar-refractivity contribution in [1.82, 2.24) is 5.32 Å². The number of hydrogen-bond donors (Lipinski definition) is 2. The number of alkyl halides is 2. The lowest BCUT2D eigenvalue weighted by Crippen LogP contribution is -2.34. The molecule has 20 heavy (non-hydrogen) atoms. The third-order valence-electron chi connectivity index (χ3n) is 2.81. The van der Waals surface area contributed by atoms with E-state index < -0.39 is 25.0 Å². The molecule has 1 amide bonds. The topological polar surface area (TPSA) is 49.3 Å². The van der Waals surface area contributed by atoms with Crippen LogP contribution in [0, 0.1) is 0 Å². The fourth-order valence-corrected chi connectivity index (χ4v) is 1.52. The van der Waals surface area contributed by atoms with Crippen molar-refractivity contribution in [2.75, 3.05) is 6.54 Å². The summed E-state index contributed by atoms with van der Waals surface area (Å²) in [6.45, 7) is 3.71. The van der Waals surface area contributed by atoms with E-state index in [9.17, 15) is 13.6 Å². The van der Waals surface area contributed by atoms with E-state index in [1.165, 1.54) is 11.6 Å². The number of hydrogen-bond acceptors (Lipinski definition) is 2. The summed E-state index contributed by atoms with van der Waals surface area (Å²) < 4.78 is 24.0. The van der Waals surface area contributed by atoms with Gasteiger partial charge in [-0.15, -0.1) is 0 Å². The zero-order valence-corrected chi connectivity index (χ0v) is 11.5. The molecule has 0 aliphatic heterocycles. The molecule has 0 radical (unpaired) electrons. The average Bonchev–Trinajstić information content (AvgIpc) is 2.42. The van der Waals surface area contributed by atoms with Crippen molar-refractivity contribution in [2.24, 2.45) is 0 Å². The van der Waals surface area contributed by atoms with Crippen LogP contribution in [0.1, 0.15) is 30.9 Å². The van der Waals surface area contributed by atoms with Gasteiger partial charge < -0.3 is 10.4 Å². The molecule has 0 aromatic heterocycles. The van der Waals surface area contributed by atoms with Crippen LogP contribution < -0.4 is 5.32 Å². The Morgan fingerprint density at radius 2 is 1.90 bits per heavy atom. The number of nitrogens with one attached hydrogen (secondary N) is 1. The lowest BCUT2D eigenvalue weighted by atomic mass is 10.0. The Morgan fingerprint density at radius 1 is 1.30 bits per heavy atom. The molecule has 1 aromatic carbocycles. The minimum atomic E-state index is -2.86. The second kappa shape index (κ2) is 7.75. The van der Waals surface area contributed by atoms with Gasteiger partial charge in [-0.25, -0.2) is 8.78 Å². The largest absolute Gasteiger partial charge is 0.385 e. The Balaban J connectivity index is 2.49. The van der Waals surface area contributed by atoms with Crippen molar-refractivity contribution < 1.29 is 18.7 Å². The summed E-state index contributed by atoms with van der Waals surface area (Å²) in [5.74, 6) is -0.0789. The minimum absolute atomic E-state index is 0.437. The summed E-state index contributed by atoms with van der Waals surface area (Å²) in [4.78, 5) is 11.4. The summed E-state index contributed by atoms with van der Waals surface area (Å²) in [7, 11) is 0. The van der Waals surface area contributed by atoms with E-state index in [2.05, 4.69) is 19.2 Å². The van der Waals surface area contributed by atoms with Crippen LogP contribution >= 0.6 is 0 Å². The lowest BCUT2D eigenvalue weighted by molar-refractivity contribution is -0.117. The molecule has 0 bridgehead atoms. The molecule has 0 saturated carbocycles. The van der Waals surface area contributed by atoms with E-state index in [1.54, 1.807) is 6.08 Å². The normalized spacial score (nSPS) is 13.2. The number of benzene rings is 1. The predicted molar refractivity (Wildman–Crippen MR) is 74.6 cm³/mol. The first-order valence-corrected chi connectivity index (χ1v) is 6.42. The Kier molecular flexibility index (Phi) is 6.31. The van der Waals surface area contributed by atoms with E-state index in [0.717, 1.165) is 5.56 Å². The quantitative estimate of drug-likeness (QED) is 0.788. The SMILES string of the molecule is CC(C)c1ccc(/C=C/C(=O)NCC(O)C(F)F)cc1. The van der Waals surface area contributed by atoms with Gasteiger partial charge in [-0.05, 0) is 23.1 Å². The third kappa shape index (κ3) is 5.48. The Bertz CT molecular complexity index is 455. The Morgan fingerprint density at radius 3 is 2.40 bits per heavy atom. The number of rotatable bonds is 6. The van der Waals surface area contributed by atoms with E-state index in [0.29, 0.717) is 5.92 Å². The smallest absolute Gasteiger partial charge is 0.265 e. The van der Waals surface area contributed by atoms with Crippen LogP contribution in [0.15, 0.2) is 30.3 Å². The van der Waals surface area contributed by atoms with Gasteiger partial charge in [0.25, 0.3) is 6.43 Å². The van der Waals surface area contributed by atoms with Crippen molar-refractivity contribution in [1.29, 1.82) is 0 Å². The molecule has 0 fully saturated rings. The van der Waals surface area contributed by atoms with E-state index >= 15 is 0 Å². The fourth-order valence-electron chi connectivity index (χ4n) is 1.52. The highest BCUT2D eigenvalue weighted by Gasteiger charge is 2.16. The maximum absolute atomic E-state index is 12.0. The van der Waals surface area contributed by atoms with Crippen LogP contribution in [0.3, 0.4) is 0 Å². The zero-order chi connectivity index (χ0) is 15.1. The van der Waals surface area contributed by atoms with Crippen LogP contribution in [-0.4, -0.2) is 30.1 Å². The standard InChI is InChI=1S/C15H19F2NO2/c1-10(2)12-6-3-11(4-7-12)5-8-14(20)18-9-13(19)15(16)17/h3-8,10,13,15,19H,9H2,1-2H3,(H,18,20)/b8-5+. The Hall–Kier alpha value is -1.75. The van der Waals surface area contributed by atoms with Gasteiger partial charge in [-0.3, -0.25) is 4.79 Å². The van der Waals surface area contributed by atoms with Crippen LogP contribution in [0.25, 0.3) is 6.08 Å². The van der Waals surface area contributed by atoms with Crippen molar-refractivity contribution in [3.8, 4) is 0 Å². The van der Waals surface area contributed by atoms with Crippen LogP contribution in [-0.2, 0) is 4.79 Å². The van der Waals surface area contributed by atoms with Gasteiger partial charge in [0.2, 0.25) is 5.91 Å². The van der Waals surface area contributed by atoms with E-state index in [1.807, 2.05) is 24.3 Å². The average molecular weight is 283 g/mol. The number of carbonyl (C=O) groups excluding carboxylic acids is 1. The highest BCUT2D eigenvalue weighted by Crippen LogP contribution is 2.15. The summed E-state index contributed by atoms with van der Waals surface area (Å²) in [6, 6.07) is 7.71. The molecular weight excluding hydrogens is 264 g/mol. The highest BCUT2D eigenvalue weighted by atomic mass is 19.3. The summed E-state index contributed by atoms with van der Waals surface area (Å²) >= 11 is 0. The van der Waals surface area contributed by atoms with Gasteiger partial charge in [0.05, 0.1) is 0 Å². The van der Waals surface area contributed by atoms with Crippen molar-refractivity contribution >= 4 is 12.0 Å². The molecule has 0 saturated heterocycles. The molecule has 1 aromatic rings. The molecule has 5 heteroatoms. The van der Waals surface area contributed by atoms with Gasteiger partial charge in [-0.1, -0.05) is 38.1 Å². The van der Waals surface area contributed by atoms with Gasteiger partial charge in [-0.2, -0.15) is 0 Å². The van der Waals surface area contributed by atoms with E-state index in [-0.39, 0.29) is 0 Å². The fraction of sp³-hybridized carbons (Fsp3) is 0.400. The van der Waals surface area contributed by atoms with Crippen LogP contribution in [0.5, 0.6) is 0 Å². The van der Waals surface area contributed by atoms with E-state index in [4.69, 9.17) is 5.11 Å². The molecule has 1 unspecified atom stereocenters. The second-order valence-electron chi connectivity index (χ2n) is 4.80. The lowest BCUT2D eigenvalue weighted by Gasteiger charge is -2.09. The van der Waals surface area contributed by atoms with Crippen molar-refractivity contribution in [3.63, 3.8) is 0 Å².